The molecule has 0 spiro atoms. The third-order valence-electron chi connectivity index (χ3n) is 10.0. The Morgan fingerprint density at radius 3 is 1.85 bits per heavy atom. The normalized spacial score (nSPS) is 36.7. The van der Waals surface area contributed by atoms with Gasteiger partial charge in [0.25, 0.3) is 0 Å². The van der Waals surface area contributed by atoms with Gasteiger partial charge in [-0.3, -0.25) is 0 Å². The molecule has 0 aromatic carbocycles. The van der Waals surface area contributed by atoms with Gasteiger partial charge in [0.1, 0.15) is 28.8 Å². The highest BCUT2D eigenvalue weighted by atomic mass is 16.3. The highest BCUT2D eigenvalue weighted by Crippen LogP contribution is 2.68. The molecule has 4 aliphatic rings. The zero-order valence-corrected chi connectivity index (χ0v) is 22.7. The number of nitrogens with zero attached hydrogens (tertiary/aromatic N) is 8. The molecule has 4 saturated carbocycles. The zero-order chi connectivity index (χ0) is 29.0. The molecule has 8 rings (SSSR count). The first-order valence-electron chi connectivity index (χ1n) is 13.8. The molecular formula is C26H34N10O5. The summed E-state index contributed by atoms with van der Waals surface area (Å²) in [6.45, 7) is 3.45. The van der Waals surface area contributed by atoms with Crippen LogP contribution >= 0.6 is 0 Å². The number of aryl methyl sites for hydroxylation is 2. The molecule has 9 unspecified atom stereocenters. The summed E-state index contributed by atoms with van der Waals surface area (Å²) in [5.41, 5.74) is 13.2. The van der Waals surface area contributed by atoms with E-state index in [-0.39, 0.29) is 42.5 Å². The van der Waals surface area contributed by atoms with Gasteiger partial charge in [-0.1, -0.05) is 0 Å². The van der Waals surface area contributed by atoms with Crippen LogP contribution in [0, 0.1) is 36.5 Å². The summed E-state index contributed by atoms with van der Waals surface area (Å²) < 4.78 is 3.74. The van der Waals surface area contributed by atoms with Crippen LogP contribution in [0.4, 0.5) is 11.6 Å². The lowest BCUT2D eigenvalue weighted by atomic mass is 10.0. The Morgan fingerprint density at radius 2 is 1.34 bits per heavy atom. The standard InChI is InChI=1S/C13H17N5O3.C13H17N5O2/c1-5-16-11(14)7-12(17-5)18(4-15-7)8-6-2-13(6,3-19)10(21)9(8)20;1-6-16-11(14)10-12(17-6)18(5-15-10)8-2-9(20)13(4-19)3-7(8)13/h4,6,8-10,19-21H,2-3H2,1H3,(H2,14,16,17);5,7-9,19-20H,2-4H2,1H3,(H2,14,16,17). The van der Waals surface area contributed by atoms with Crippen molar-refractivity contribution in [2.75, 3.05) is 24.7 Å². The smallest absolute Gasteiger partial charge is 0.166 e. The number of nitrogen functional groups attached to an aromatic ring is 2. The average molecular weight is 567 g/mol. The number of nitrogens with two attached hydrogens (primary N) is 2. The predicted molar refractivity (Wildman–Crippen MR) is 145 cm³/mol. The van der Waals surface area contributed by atoms with E-state index in [9.17, 15) is 25.5 Å². The molecule has 0 bridgehead atoms. The number of fused-ring (bicyclic) bond motifs is 4. The number of aromatic nitrogens is 8. The van der Waals surface area contributed by atoms with E-state index in [1.165, 1.54) is 0 Å². The van der Waals surface area contributed by atoms with Crippen LogP contribution in [0.5, 0.6) is 0 Å². The summed E-state index contributed by atoms with van der Waals surface area (Å²) in [5.74, 6) is 2.12. The Morgan fingerprint density at radius 1 is 0.805 bits per heavy atom. The van der Waals surface area contributed by atoms with E-state index in [1.807, 2.05) is 4.57 Å². The van der Waals surface area contributed by atoms with Crippen molar-refractivity contribution < 1.29 is 25.5 Å². The van der Waals surface area contributed by atoms with E-state index in [0.717, 1.165) is 6.42 Å². The first kappa shape index (κ1) is 26.4. The molecule has 15 nitrogen and oxygen atoms in total. The lowest BCUT2D eigenvalue weighted by molar-refractivity contribution is -0.0300. The van der Waals surface area contributed by atoms with Crippen LogP contribution in [0.25, 0.3) is 22.3 Å². The van der Waals surface area contributed by atoms with Gasteiger partial charge in [-0.25, -0.2) is 29.9 Å². The van der Waals surface area contributed by atoms with E-state index in [1.54, 1.807) is 31.1 Å². The first-order chi connectivity index (χ1) is 19.6. The van der Waals surface area contributed by atoms with Gasteiger partial charge in [0, 0.05) is 16.9 Å². The minimum atomic E-state index is -0.954. The van der Waals surface area contributed by atoms with Crippen molar-refractivity contribution in [3.05, 3.63) is 24.3 Å². The molecule has 0 radical (unpaired) electrons. The maximum Gasteiger partial charge on any atom is 0.166 e. The minimum Gasteiger partial charge on any atom is -0.396 e. The second-order valence-electron chi connectivity index (χ2n) is 12.1. The second-order valence-corrected chi connectivity index (χ2v) is 12.1. The van der Waals surface area contributed by atoms with Gasteiger partial charge >= 0.3 is 0 Å². The maximum atomic E-state index is 10.3. The average Bonchev–Trinajstić information content (AvgIpc) is 3.66. The molecule has 4 heterocycles. The van der Waals surface area contributed by atoms with Gasteiger partial charge in [0.2, 0.25) is 0 Å². The highest BCUT2D eigenvalue weighted by molar-refractivity contribution is 5.82. The summed E-state index contributed by atoms with van der Waals surface area (Å²) in [5, 5.41) is 49.8. The van der Waals surface area contributed by atoms with E-state index in [4.69, 9.17) is 11.5 Å². The fourth-order valence-electron chi connectivity index (χ4n) is 7.59. The summed E-state index contributed by atoms with van der Waals surface area (Å²) in [4.78, 5) is 25.5. The molecular weight excluding hydrogens is 532 g/mol. The Kier molecular flexibility index (Phi) is 5.64. The Balaban J connectivity index is 0.000000135. The minimum absolute atomic E-state index is 0.0152. The van der Waals surface area contributed by atoms with Crippen molar-refractivity contribution >= 4 is 34.0 Å². The largest absolute Gasteiger partial charge is 0.396 e. The quantitative estimate of drug-likeness (QED) is 0.157. The van der Waals surface area contributed by atoms with Crippen LogP contribution in [0.2, 0.25) is 0 Å². The van der Waals surface area contributed by atoms with E-state index < -0.39 is 23.7 Å². The molecule has 4 aliphatic carbocycles. The van der Waals surface area contributed by atoms with Crippen molar-refractivity contribution in [1.82, 2.24) is 39.0 Å². The van der Waals surface area contributed by atoms with Gasteiger partial charge in [0.05, 0.1) is 44.1 Å². The molecule has 4 aromatic rings. The molecule has 0 saturated heterocycles. The maximum absolute atomic E-state index is 10.3. The summed E-state index contributed by atoms with van der Waals surface area (Å²) >= 11 is 0. The fourth-order valence-corrected chi connectivity index (χ4v) is 7.59. The Bertz CT molecular complexity index is 1680. The molecule has 41 heavy (non-hydrogen) atoms. The van der Waals surface area contributed by atoms with Gasteiger partial charge in [-0.05, 0) is 44.9 Å². The molecule has 9 atom stereocenters. The van der Waals surface area contributed by atoms with Crippen molar-refractivity contribution in [2.45, 2.75) is 63.5 Å². The Hall–Kier alpha value is -3.50. The number of rotatable bonds is 4. The second kappa shape index (κ2) is 8.75. The van der Waals surface area contributed by atoms with Crippen LogP contribution in [0.3, 0.4) is 0 Å². The molecule has 4 aromatic heterocycles. The summed E-state index contributed by atoms with van der Waals surface area (Å²) in [7, 11) is 0. The number of anilines is 2. The third kappa shape index (κ3) is 3.56. The third-order valence-corrected chi connectivity index (χ3v) is 10.0. The monoisotopic (exact) mass is 566 g/mol. The zero-order valence-electron chi connectivity index (χ0n) is 22.7. The van der Waals surface area contributed by atoms with Gasteiger partial charge in [-0.2, -0.15) is 0 Å². The lowest BCUT2D eigenvalue weighted by Gasteiger charge is -2.23. The van der Waals surface area contributed by atoms with Crippen LogP contribution in [0.15, 0.2) is 12.7 Å². The molecule has 0 amide bonds. The van der Waals surface area contributed by atoms with E-state index in [0.29, 0.717) is 58.5 Å². The van der Waals surface area contributed by atoms with Gasteiger partial charge in [0.15, 0.2) is 22.9 Å². The topological polar surface area (TPSA) is 240 Å². The number of hydrogen-bond acceptors (Lipinski definition) is 13. The summed E-state index contributed by atoms with van der Waals surface area (Å²) in [6, 6.07) is -0.235. The van der Waals surface area contributed by atoms with Gasteiger partial charge in [-0.15, -0.1) is 0 Å². The molecule has 0 aliphatic heterocycles. The molecule has 218 valence electrons. The molecule has 9 N–H and O–H groups in total. The number of imidazole rings is 2. The van der Waals surface area contributed by atoms with Crippen molar-refractivity contribution in [3.63, 3.8) is 0 Å². The fraction of sp³-hybridized carbons (Fsp3) is 0.615. The van der Waals surface area contributed by atoms with Crippen LogP contribution in [-0.2, 0) is 0 Å². The lowest BCUT2D eigenvalue weighted by Crippen LogP contribution is -2.35. The van der Waals surface area contributed by atoms with E-state index >= 15 is 0 Å². The predicted octanol–water partition coefficient (Wildman–Crippen LogP) is -0.987. The Labute approximate surface area is 233 Å². The van der Waals surface area contributed by atoms with E-state index in [2.05, 4.69) is 29.9 Å². The van der Waals surface area contributed by atoms with Crippen molar-refractivity contribution in [1.29, 1.82) is 0 Å². The number of aliphatic hydroxyl groups excluding tert-OH is 5. The van der Waals surface area contributed by atoms with Crippen LogP contribution in [-0.4, -0.2) is 96.1 Å². The van der Waals surface area contributed by atoms with Crippen LogP contribution < -0.4 is 11.5 Å². The molecule has 15 heteroatoms. The van der Waals surface area contributed by atoms with Crippen molar-refractivity contribution in [3.8, 4) is 0 Å². The number of hydrogen-bond donors (Lipinski definition) is 7. The van der Waals surface area contributed by atoms with Crippen LogP contribution in [0.1, 0.15) is 43.0 Å². The summed E-state index contributed by atoms with van der Waals surface area (Å²) in [6.07, 6.45) is 3.11. The number of aliphatic hydroxyl groups is 5. The highest BCUT2D eigenvalue weighted by Gasteiger charge is 2.71. The van der Waals surface area contributed by atoms with Crippen molar-refractivity contribution in [2.24, 2.45) is 22.7 Å². The first-order valence-corrected chi connectivity index (χ1v) is 13.8. The van der Waals surface area contributed by atoms with Gasteiger partial charge < -0.3 is 46.1 Å². The SMILES string of the molecule is Cc1nc(N)c2ncn(C3C(O)C(O)C4(CO)CC34)c2n1.Cc1nc(N)c2ncn(C3CC(O)C4(CO)CC34)c2n1. The molecule has 4 fully saturated rings.